The molecule has 0 bridgehead atoms. The first kappa shape index (κ1) is 13.2. The lowest BCUT2D eigenvalue weighted by Crippen LogP contribution is -2.56. The number of carbonyl (C=O) groups excluding carboxylic acids is 1. The predicted molar refractivity (Wildman–Crippen MR) is 64.0 cm³/mol. The van der Waals surface area contributed by atoms with Crippen molar-refractivity contribution in [2.45, 2.75) is 38.8 Å². The lowest BCUT2D eigenvalue weighted by molar-refractivity contribution is -0.135. The van der Waals surface area contributed by atoms with Gasteiger partial charge in [0.1, 0.15) is 6.04 Å². The van der Waals surface area contributed by atoms with Crippen molar-refractivity contribution in [3.8, 4) is 0 Å². The second kappa shape index (κ2) is 6.66. The van der Waals surface area contributed by atoms with Gasteiger partial charge < -0.3 is 10.5 Å². The van der Waals surface area contributed by atoms with Gasteiger partial charge in [-0.25, -0.2) is 0 Å². The van der Waals surface area contributed by atoms with E-state index >= 15 is 0 Å². The highest BCUT2D eigenvalue weighted by atomic mass is 16.5. The average molecular weight is 226 g/mol. The Morgan fingerprint density at radius 3 is 2.94 bits per heavy atom. The smallest absolute Gasteiger partial charge is 0.237 e. The molecule has 0 unspecified atom stereocenters. The van der Waals surface area contributed by atoms with Gasteiger partial charge in [-0.1, -0.05) is 19.1 Å². The Balaban J connectivity index is 2.48. The molecule has 4 heteroatoms. The van der Waals surface area contributed by atoms with E-state index in [0.717, 1.165) is 25.9 Å². The zero-order valence-electron chi connectivity index (χ0n) is 10.2. The van der Waals surface area contributed by atoms with Crippen LogP contribution in [0.5, 0.6) is 0 Å². The first-order valence-corrected chi connectivity index (χ1v) is 5.96. The second-order valence-corrected chi connectivity index (χ2v) is 4.13. The number of allylic oxidation sites excluding steroid dienone is 1. The van der Waals surface area contributed by atoms with E-state index in [1.165, 1.54) is 0 Å². The van der Waals surface area contributed by atoms with Gasteiger partial charge in [-0.15, -0.1) is 0 Å². The maximum Gasteiger partial charge on any atom is 0.237 e. The molecule has 2 atom stereocenters. The maximum absolute atomic E-state index is 11.3. The molecule has 16 heavy (non-hydrogen) atoms. The topological polar surface area (TPSA) is 55.6 Å². The van der Waals surface area contributed by atoms with Gasteiger partial charge in [0, 0.05) is 13.1 Å². The molecule has 0 aromatic carbocycles. The molecular formula is C12H22N2O2. The summed E-state index contributed by atoms with van der Waals surface area (Å²) in [7, 11) is 0. The van der Waals surface area contributed by atoms with Gasteiger partial charge in [0.25, 0.3) is 0 Å². The summed E-state index contributed by atoms with van der Waals surface area (Å²) in [6.45, 7) is 6.36. The van der Waals surface area contributed by atoms with Crippen molar-refractivity contribution < 1.29 is 9.53 Å². The van der Waals surface area contributed by atoms with Gasteiger partial charge in [0.15, 0.2) is 0 Å². The van der Waals surface area contributed by atoms with Gasteiger partial charge in [-0.2, -0.15) is 0 Å². The van der Waals surface area contributed by atoms with E-state index in [-0.39, 0.29) is 18.1 Å². The molecule has 1 aliphatic rings. The minimum atomic E-state index is -0.285. The van der Waals surface area contributed by atoms with Gasteiger partial charge in [0.2, 0.25) is 5.91 Å². The number of hydrogen-bond donors (Lipinski definition) is 1. The SMILES string of the molecule is CC/C=C/CCN1CCO[C@H](C)[C@H]1C(N)=O. The fourth-order valence-corrected chi connectivity index (χ4v) is 2.07. The van der Waals surface area contributed by atoms with Crippen molar-refractivity contribution in [3.63, 3.8) is 0 Å². The number of hydrogen-bond acceptors (Lipinski definition) is 3. The fraction of sp³-hybridized carbons (Fsp3) is 0.750. The zero-order chi connectivity index (χ0) is 12.0. The average Bonchev–Trinajstić information content (AvgIpc) is 2.24. The summed E-state index contributed by atoms with van der Waals surface area (Å²) in [4.78, 5) is 13.5. The molecule has 0 aromatic heterocycles. The molecule has 92 valence electrons. The summed E-state index contributed by atoms with van der Waals surface area (Å²) in [5, 5.41) is 0. The molecule has 0 spiro atoms. The number of ether oxygens (including phenoxy) is 1. The molecule has 2 N–H and O–H groups in total. The molecule has 1 fully saturated rings. The molecule has 0 aliphatic carbocycles. The molecule has 0 saturated carbocycles. The van der Waals surface area contributed by atoms with Crippen LogP contribution in [0, 0.1) is 0 Å². The predicted octanol–water partition coefficient (Wildman–Crippen LogP) is 0.917. The largest absolute Gasteiger partial charge is 0.375 e. The van der Waals surface area contributed by atoms with Crippen LogP contribution in [0.4, 0.5) is 0 Å². The standard InChI is InChI=1S/C12H22N2O2/c1-3-4-5-6-7-14-8-9-16-10(2)11(14)12(13)15/h4-5,10-11H,3,6-9H2,1-2H3,(H2,13,15)/b5-4+/t10-,11+/m1/s1. The Kier molecular flexibility index (Phi) is 5.49. The van der Waals surface area contributed by atoms with Crippen molar-refractivity contribution in [1.29, 1.82) is 0 Å². The first-order chi connectivity index (χ1) is 7.66. The summed E-state index contributed by atoms with van der Waals surface area (Å²) >= 11 is 0. The number of carbonyl (C=O) groups is 1. The molecule has 4 nitrogen and oxygen atoms in total. The Morgan fingerprint density at radius 1 is 1.56 bits per heavy atom. The highest BCUT2D eigenvalue weighted by Crippen LogP contribution is 2.14. The van der Waals surface area contributed by atoms with Gasteiger partial charge in [0.05, 0.1) is 12.7 Å². The van der Waals surface area contributed by atoms with Crippen LogP contribution >= 0.6 is 0 Å². The lowest BCUT2D eigenvalue weighted by atomic mass is 10.1. The van der Waals surface area contributed by atoms with Crippen molar-refractivity contribution in [2.24, 2.45) is 5.73 Å². The van der Waals surface area contributed by atoms with Crippen LogP contribution in [-0.4, -0.2) is 42.6 Å². The Labute approximate surface area is 97.4 Å². The summed E-state index contributed by atoms with van der Waals surface area (Å²) in [5.74, 6) is -0.285. The minimum Gasteiger partial charge on any atom is -0.375 e. The highest BCUT2D eigenvalue weighted by Gasteiger charge is 2.32. The third kappa shape index (κ3) is 3.61. The van der Waals surface area contributed by atoms with Crippen molar-refractivity contribution in [2.75, 3.05) is 19.7 Å². The van der Waals surface area contributed by atoms with Crippen molar-refractivity contribution in [3.05, 3.63) is 12.2 Å². The lowest BCUT2D eigenvalue weighted by Gasteiger charge is -2.37. The van der Waals surface area contributed by atoms with Crippen molar-refractivity contribution >= 4 is 5.91 Å². The molecule has 0 aromatic rings. The number of morpholine rings is 1. The maximum atomic E-state index is 11.3. The van der Waals surface area contributed by atoms with Crippen LogP contribution < -0.4 is 5.73 Å². The Bertz CT molecular complexity index is 253. The number of nitrogens with zero attached hydrogens (tertiary/aromatic N) is 1. The van der Waals surface area contributed by atoms with E-state index < -0.39 is 0 Å². The Morgan fingerprint density at radius 2 is 2.31 bits per heavy atom. The quantitative estimate of drug-likeness (QED) is 0.709. The number of rotatable bonds is 5. The molecule has 1 saturated heterocycles. The van der Waals surface area contributed by atoms with E-state index in [0.29, 0.717) is 6.61 Å². The molecular weight excluding hydrogens is 204 g/mol. The summed E-state index contributed by atoms with van der Waals surface area (Å²) < 4.78 is 5.45. The van der Waals surface area contributed by atoms with E-state index in [4.69, 9.17) is 10.5 Å². The number of amides is 1. The molecule has 1 heterocycles. The van der Waals surface area contributed by atoms with Gasteiger partial charge in [-0.05, 0) is 19.8 Å². The van der Waals surface area contributed by atoms with Crippen LogP contribution in [0.15, 0.2) is 12.2 Å². The van der Waals surface area contributed by atoms with Crippen LogP contribution in [0.1, 0.15) is 26.7 Å². The van der Waals surface area contributed by atoms with E-state index in [1.54, 1.807) is 0 Å². The first-order valence-electron chi connectivity index (χ1n) is 5.96. The van der Waals surface area contributed by atoms with Crippen LogP contribution in [0.3, 0.4) is 0 Å². The number of primary amides is 1. The van der Waals surface area contributed by atoms with Crippen LogP contribution in [-0.2, 0) is 9.53 Å². The highest BCUT2D eigenvalue weighted by molar-refractivity contribution is 5.80. The Hall–Kier alpha value is -0.870. The van der Waals surface area contributed by atoms with E-state index in [2.05, 4.69) is 24.0 Å². The summed E-state index contributed by atoms with van der Waals surface area (Å²) in [5.41, 5.74) is 5.40. The second-order valence-electron chi connectivity index (χ2n) is 4.13. The molecule has 0 radical (unpaired) electrons. The number of nitrogens with two attached hydrogens (primary N) is 1. The third-order valence-electron chi connectivity index (χ3n) is 2.87. The van der Waals surface area contributed by atoms with Gasteiger partial charge in [-0.3, -0.25) is 9.69 Å². The fourth-order valence-electron chi connectivity index (χ4n) is 2.07. The monoisotopic (exact) mass is 226 g/mol. The summed E-state index contributed by atoms with van der Waals surface area (Å²) in [6.07, 6.45) is 6.21. The molecule has 1 aliphatic heterocycles. The zero-order valence-corrected chi connectivity index (χ0v) is 10.2. The van der Waals surface area contributed by atoms with Crippen LogP contribution in [0.2, 0.25) is 0 Å². The molecule has 1 rings (SSSR count). The minimum absolute atomic E-state index is 0.0959. The summed E-state index contributed by atoms with van der Waals surface area (Å²) in [6, 6.07) is -0.274. The van der Waals surface area contributed by atoms with Crippen molar-refractivity contribution in [1.82, 2.24) is 4.90 Å². The van der Waals surface area contributed by atoms with E-state index in [9.17, 15) is 4.79 Å². The third-order valence-corrected chi connectivity index (χ3v) is 2.87. The molecule has 1 amide bonds. The van der Waals surface area contributed by atoms with E-state index in [1.807, 2.05) is 6.92 Å². The van der Waals surface area contributed by atoms with Gasteiger partial charge >= 0.3 is 0 Å². The van der Waals surface area contributed by atoms with Crippen LogP contribution in [0.25, 0.3) is 0 Å². The normalized spacial score (nSPS) is 27.4.